The van der Waals surface area contributed by atoms with Crippen LogP contribution in [0.1, 0.15) is 11.1 Å². The Morgan fingerprint density at radius 3 is 1.10 bits per heavy atom. The maximum Gasteiger partial charge on any atom is -0.00139 e. The van der Waals surface area contributed by atoms with Gasteiger partial charge in [-0.05, 0) is 126 Å². The van der Waals surface area contributed by atoms with Crippen LogP contribution in [-0.4, -0.2) is 0 Å². The molecule has 0 amide bonds. The van der Waals surface area contributed by atoms with Gasteiger partial charge in [-0.2, -0.15) is 0 Å². The monoisotopic (exact) mass is 758 g/mol. The van der Waals surface area contributed by atoms with Gasteiger partial charge >= 0.3 is 0 Å². The third-order valence-corrected chi connectivity index (χ3v) is 12.7. The van der Waals surface area contributed by atoms with E-state index < -0.39 is 0 Å². The second-order valence-corrected chi connectivity index (χ2v) is 15.9. The Morgan fingerprint density at radius 2 is 0.550 bits per heavy atom. The third-order valence-electron chi connectivity index (χ3n) is 12.7. The molecule has 0 heterocycles. The van der Waals surface area contributed by atoms with E-state index in [0.717, 1.165) is 0 Å². The largest absolute Gasteiger partial charge is 0.0616 e. The first-order valence-corrected chi connectivity index (χ1v) is 20.8. The van der Waals surface area contributed by atoms with E-state index in [2.05, 4.69) is 231 Å². The Morgan fingerprint density at radius 1 is 0.200 bits per heavy atom. The highest BCUT2D eigenvalue weighted by molar-refractivity contribution is 6.28. The molecule has 0 unspecified atom stereocenters. The lowest BCUT2D eigenvalue weighted by Gasteiger charge is -2.21. The summed E-state index contributed by atoms with van der Waals surface area (Å²) < 4.78 is 0. The molecule has 0 spiro atoms. The molecule has 278 valence electrons. The standard InChI is InChI=1S/C60H38/c1-4-20-44-39(16-1)19-15-31-50(44)52-36-34-40(45-21-7-9-25-49(45)52)32-33-41-35-37-57(51-26-10-8-22-46(41)51)58-53-27-11-13-29-55(53)60(56-30-14-12-28-54(56)58)59-47-23-5-2-17-42(47)38-43-18-3-6-24-48(43)59/h1-38H. The summed E-state index contributed by atoms with van der Waals surface area (Å²) in [6, 6.07) is 80.4. The van der Waals surface area contributed by atoms with Crippen molar-refractivity contribution in [3.63, 3.8) is 0 Å². The molecular weight excluding hydrogens is 721 g/mol. The molecule has 0 aliphatic rings. The van der Waals surface area contributed by atoms with Crippen molar-refractivity contribution < 1.29 is 0 Å². The van der Waals surface area contributed by atoms with E-state index in [4.69, 9.17) is 0 Å². The molecule has 12 aromatic rings. The molecule has 0 heteroatoms. The molecule has 0 atom stereocenters. The SMILES string of the molecule is C(=Cc1ccc(-c2c3ccccc3c(-c3c4ccccc4cc4ccccc34)c3ccccc23)c2ccccc12)c1ccc(-c2cccc3ccccc23)c2ccccc12. The summed E-state index contributed by atoms with van der Waals surface area (Å²) >= 11 is 0. The number of fused-ring (bicyclic) bond motifs is 7. The number of hydrogen-bond donors (Lipinski definition) is 0. The normalized spacial score (nSPS) is 11.9. The molecule has 0 radical (unpaired) electrons. The van der Waals surface area contributed by atoms with Crippen LogP contribution in [0.5, 0.6) is 0 Å². The van der Waals surface area contributed by atoms with E-state index in [-0.39, 0.29) is 0 Å². The zero-order valence-corrected chi connectivity index (χ0v) is 32.9. The number of rotatable bonds is 5. The molecule has 12 rings (SSSR count). The lowest BCUT2D eigenvalue weighted by molar-refractivity contribution is 1.66. The lowest BCUT2D eigenvalue weighted by atomic mass is 9.82. The average Bonchev–Trinajstić information content (AvgIpc) is 3.32. The summed E-state index contributed by atoms with van der Waals surface area (Å²) in [6.45, 7) is 0. The predicted molar refractivity (Wildman–Crippen MR) is 261 cm³/mol. The fourth-order valence-electron chi connectivity index (χ4n) is 10.00. The smallest absolute Gasteiger partial charge is 0.00139 e. The van der Waals surface area contributed by atoms with Crippen LogP contribution in [0.4, 0.5) is 0 Å². The third kappa shape index (κ3) is 5.39. The van der Waals surface area contributed by atoms with Crippen molar-refractivity contribution >= 4 is 87.6 Å². The Balaban J connectivity index is 1.04. The Bertz CT molecular complexity index is 3600. The van der Waals surface area contributed by atoms with Crippen LogP contribution >= 0.6 is 0 Å². The van der Waals surface area contributed by atoms with Crippen LogP contribution in [0.15, 0.2) is 218 Å². The molecule has 60 heavy (non-hydrogen) atoms. The molecule has 0 nitrogen and oxygen atoms in total. The van der Waals surface area contributed by atoms with Crippen LogP contribution < -0.4 is 0 Å². The molecule has 0 aliphatic carbocycles. The molecule has 12 aromatic carbocycles. The molecule has 0 bridgehead atoms. The van der Waals surface area contributed by atoms with Crippen molar-refractivity contribution in [2.45, 2.75) is 0 Å². The second-order valence-electron chi connectivity index (χ2n) is 15.9. The van der Waals surface area contributed by atoms with Crippen LogP contribution in [0.3, 0.4) is 0 Å². The minimum atomic E-state index is 1.20. The maximum atomic E-state index is 2.35. The van der Waals surface area contributed by atoms with Gasteiger partial charge in [0, 0.05) is 0 Å². The lowest BCUT2D eigenvalue weighted by Crippen LogP contribution is -1.93. The van der Waals surface area contributed by atoms with Crippen molar-refractivity contribution in [2.75, 3.05) is 0 Å². The van der Waals surface area contributed by atoms with E-state index in [0.29, 0.717) is 0 Å². The summed E-state index contributed by atoms with van der Waals surface area (Å²) in [6.07, 6.45) is 4.60. The second kappa shape index (κ2) is 13.9. The van der Waals surface area contributed by atoms with Crippen molar-refractivity contribution in [2.24, 2.45) is 0 Å². The first kappa shape index (κ1) is 34.3. The number of hydrogen-bond acceptors (Lipinski definition) is 0. The van der Waals surface area contributed by atoms with Gasteiger partial charge in [0.05, 0.1) is 0 Å². The van der Waals surface area contributed by atoms with Gasteiger partial charge < -0.3 is 0 Å². The van der Waals surface area contributed by atoms with Crippen molar-refractivity contribution in [3.8, 4) is 33.4 Å². The summed E-state index contributed by atoms with van der Waals surface area (Å²) in [5.74, 6) is 0. The van der Waals surface area contributed by atoms with E-state index in [1.165, 1.54) is 120 Å². The van der Waals surface area contributed by atoms with Crippen molar-refractivity contribution in [1.82, 2.24) is 0 Å². The van der Waals surface area contributed by atoms with E-state index in [1.807, 2.05) is 0 Å². The molecule has 0 saturated heterocycles. The summed E-state index contributed by atoms with van der Waals surface area (Å²) in [7, 11) is 0. The van der Waals surface area contributed by atoms with Crippen LogP contribution in [0.2, 0.25) is 0 Å². The fraction of sp³-hybridized carbons (Fsp3) is 0. The molecule has 0 fully saturated rings. The Hall–Kier alpha value is -7.80. The minimum absolute atomic E-state index is 1.20. The van der Waals surface area contributed by atoms with Gasteiger partial charge in [0.15, 0.2) is 0 Å². The summed E-state index contributed by atoms with van der Waals surface area (Å²) in [5.41, 5.74) is 10.0. The van der Waals surface area contributed by atoms with Gasteiger partial charge in [-0.15, -0.1) is 0 Å². The highest BCUT2D eigenvalue weighted by Crippen LogP contribution is 2.49. The molecule has 0 aliphatic heterocycles. The van der Waals surface area contributed by atoms with E-state index in [9.17, 15) is 0 Å². The highest BCUT2D eigenvalue weighted by Gasteiger charge is 2.21. The van der Waals surface area contributed by atoms with E-state index in [1.54, 1.807) is 0 Å². The van der Waals surface area contributed by atoms with Crippen LogP contribution in [-0.2, 0) is 0 Å². The van der Waals surface area contributed by atoms with Gasteiger partial charge in [-0.3, -0.25) is 0 Å². The first-order valence-electron chi connectivity index (χ1n) is 20.8. The van der Waals surface area contributed by atoms with Gasteiger partial charge in [0.2, 0.25) is 0 Å². The van der Waals surface area contributed by atoms with E-state index >= 15 is 0 Å². The van der Waals surface area contributed by atoms with Gasteiger partial charge in [-0.25, -0.2) is 0 Å². The van der Waals surface area contributed by atoms with Crippen molar-refractivity contribution in [3.05, 3.63) is 230 Å². The maximum absolute atomic E-state index is 2.35. The zero-order chi connectivity index (χ0) is 39.6. The number of benzene rings is 12. The van der Waals surface area contributed by atoms with Gasteiger partial charge in [0.1, 0.15) is 0 Å². The van der Waals surface area contributed by atoms with Crippen LogP contribution in [0.25, 0.3) is 121 Å². The average molecular weight is 759 g/mol. The fourth-order valence-corrected chi connectivity index (χ4v) is 10.00. The summed E-state index contributed by atoms with van der Waals surface area (Å²) in [4.78, 5) is 0. The first-order chi connectivity index (χ1) is 29.8. The minimum Gasteiger partial charge on any atom is -0.0616 e. The molecular formula is C60H38. The van der Waals surface area contributed by atoms with Crippen molar-refractivity contribution in [1.29, 1.82) is 0 Å². The Kier molecular flexibility index (Phi) is 7.96. The van der Waals surface area contributed by atoms with Gasteiger partial charge in [0.25, 0.3) is 0 Å². The molecule has 0 saturated carbocycles. The van der Waals surface area contributed by atoms with Crippen LogP contribution in [0, 0.1) is 0 Å². The predicted octanol–water partition coefficient (Wildman–Crippen LogP) is 16.9. The highest BCUT2D eigenvalue weighted by atomic mass is 14.2. The molecule has 0 N–H and O–H groups in total. The zero-order valence-electron chi connectivity index (χ0n) is 32.9. The topological polar surface area (TPSA) is 0 Å². The Labute approximate surface area is 348 Å². The summed E-state index contributed by atoms with van der Waals surface area (Å²) in [5, 5.41) is 17.6. The van der Waals surface area contributed by atoms with Gasteiger partial charge in [-0.1, -0.05) is 224 Å². The quantitative estimate of drug-likeness (QED) is 0.121. The molecule has 0 aromatic heterocycles.